The average molecular weight is 1340 g/mol. The highest BCUT2D eigenvalue weighted by Gasteiger charge is 2.32. The normalized spacial score (nSPS) is 12.9. The Balaban J connectivity index is 1.18. The lowest BCUT2D eigenvalue weighted by Crippen LogP contribution is -2.54. The minimum Gasteiger partial charge on any atom is -0.429 e. The summed E-state index contributed by atoms with van der Waals surface area (Å²) < 4.78 is 20.4. The molecule has 0 spiro atoms. The van der Waals surface area contributed by atoms with E-state index in [4.69, 9.17) is 30.4 Å². The molecule has 4 aromatic carbocycles. The van der Waals surface area contributed by atoms with E-state index in [1.165, 1.54) is 48.5 Å². The molecule has 1 aliphatic rings. The number of nitro groups is 2. The fraction of sp³-hybridized carbons (Fsp3) is 0.397. The number of ketones is 1. The van der Waals surface area contributed by atoms with Crippen molar-refractivity contribution in [3.05, 3.63) is 141 Å². The van der Waals surface area contributed by atoms with Gasteiger partial charge in [-0.2, -0.15) is 0 Å². The Bertz CT molecular complexity index is 3240. The summed E-state index contributed by atoms with van der Waals surface area (Å²) in [5.41, 5.74) is 11.7. The molecule has 33 heteroatoms. The fourth-order valence-corrected chi connectivity index (χ4v) is 9.35. The second kappa shape index (κ2) is 38.0. The van der Waals surface area contributed by atoms with Gasteiger partial charge in [-0.1, -0.05) is 52.0 Å². The smallest absolute Gasteiger partial charge is 0.429 e. The molecule has 11 amide bonds. The van der Waals surface area contributed by atoms with E-state index < -0.39 is 117 Å². The van der Waals surface area contributed by atoms with E-state index in [0.717, 1.165) is 41.3 Å². The number of nitrogens with zero attached hydrogens (tertiary/aromatic N) is 4. The predicted octanol–water partition coefficient (Wildman–Crippen LogP) is 4.76. The maximum absolute atomic E-state index is 14.1. The van der Waals surface area contributed by atoms with Gasteiger partial charge >= 0.3 is 24.4 Å². The summed E-state index contributed by atoms with van der Waals surface area (Å²) in [5.74, 6) is -6.75. The lowest BCUT2D eigenvalue weighted by atomic mass is 9.89. The van der Waals surface area contributed by atoms with Crippen LogP contribution in [-0.2, 0) is 61.0 Å². The minimum absolute atomic E-state index is 0.00125. The number of hydrogen-bond acceptors (Lipinski definition) is 21. The quantitative estimate of drug-likeness (QED) is 0.00729. The zero-order valence-electron chi connectivity index (χ0n) is 53.1. The molecule has 96 heavy (non-hydrogen) atoms. The van der Waals surface area contributed by atoms with E-state index >= 15 is 0 Å². The number of ether oxygens (including phenoxy) is 4. The van der Waals surface area contributed by atoms with Crippen LogP contribution in [0.5, 0.6) is 11.5 Å². The molecule has 0 aromatic heterocycles. The number of anilines is 2. The number of primary amides is 2. The van der Waals surface area contributed by atoms with Crippen molar-refractivity contribution in [2.24, 2.45) is 29.2 Å². The van der Waals surface area contributed by atoms with Crippen LogP contribution in [0.3, 0.4) is 0 Å². The van der Waals surface area contributed by atoms with Crippen LogP contribution < -0.4 is 58.2 Å². The van der Waals surface area contributed by atoms with Crippen LogP contribution in [0.1, 0.15) is 83.8 Å². The summed E-state index contributed by atoms with van der Waals surface area (Å²) in [6, 6.07) is 16.7. The third kappa shape index (κ3) is 26.3. The topological polar surface area (TPSA) is 471 Å². The highest BCUT2D eigenvalue weighted by Crippen LogP contribution is 2.23. The number of Topliss-reactive ketones (excluding diaryl/α,β-unsaturated/α-hetero) is 1. The predicted molar refractivity (Wildman–Crippen MR) is 342 cm³/mol. The number of imide groups is 1. The van der Waals surface area contributed by atoms with Gasteiger partial charge in [-0.05, 0) is 97.2 Å². The number of nitro benzene ring substituents is 2. The molecule has 11 N–H and O–H groups in total. The van der Waals surface area contributed by atoms with Crippen molar-refractivity contribution >= 4 is 94.3 Å². The first-order chi connectivity index (χ1) is 45.6. The minimum atomic E-state index is -1.22. The number of benzene rings is 4. The number of hydrogen-bond donors (Lipinski definition) is 9. The summed E-state index contributed by atoms with van der Waals surface area (Å²) in [6.45, 7) is 6.13. The number of carbonyl (C=O) groups is 12. The standard InChI is InChI=1S/C63H77N13O20/c1-38(2)55(50(77)35-42(7-5-29-66-60(64)85)57(82)68-43-13-9-40(10-14-43)36-93-62(87)95-47-21-17-45(18-22-47)75(89)90)71-51(78)27-31-73(33-34-74-53(80)25-26-54(74)81)32-28-52(79)72-56(39(3)4)59(84)70-49(8-6-30-67-61(65)86)58(83)69-44-15-11-41(12-16-44)37-94-63(88)96-48-23-19-46(20-24-48)76(91)92/h9-26,38-39,42,49,55-56H,5-8,27-37H2,1-4H3,(H,68,82)(H,69,83)(H,70,84)(H,71,78)(H,72,79)(H3,64,66,85)(H3,65,67,86)/t42-,49+,55+,56+/m1/s1. The van der Waals surface area contributed by atoms with Crippen LogP contribution in [0.15, 0.2) is 109 Å². The van der Waals surface area contributed by atoms with Crippen LogP contribution in [0.4, 0.5) is 41.9 Å². The van der Waals surface area contributed by atoms with Crippen LogP contribution >= 0.6 is 0 Å². The molecule has 514 valence electrons. The Morgan fingerprint density at radius 3 is 1.40 bits per heavy atom. The Morgan fingerprint density at radius 1 is 0.542 bits per heavy atom. The SMILES string of the molecule is CC(C)[C@H](NC(=O)CCN(CCC(=O)N[C@H](C(=O)N[C@@H](CCCNC(N)=O)C(=O)Nc1ccc(COC(=O)Oc2ccc([N+](=O)[O-])cc2)cc1)C(C)C)CCN1C(=O)C=CC1=O)C(=O)C[C@@H](CCCNC(N)=O)C(=O)Nc1ccc(COC(=O)Oc2ccc([N+](=O)[O-])cc2)cc1. The summed E-state index contributed by atoms with van der Waals surface area (Å²) in [6.07, 6.45) is -0.281. The maximum atomic E-state index is 14.1. The van der Waals surface area contributed by atoms with Crippen molar-refractivity contribution in [3.63, 3.8) is 0 Å². The van der Waals surface area contributed by atoms with Crippen molar-refractivity contribution < 1.29 is 86.3 Å². The average Bonchev–Trinajstić information content (AvgIpc) is 2.24. The molecular formula is C63H77N13O20. The maximum Gasteiger partial charge on any atom is 0.514 e. The number of carbonyl (C=O) groups excluding carboxylic acids is 12. The van der Waals surface area contributed by atoms with Gasteiger partial charge in [0.25, 0.3) is 23.2 Å². The Kier molecular flexibility index (Phi) is 29.8. The van der Waals surface area contributed by atoms with E-state index in [0.29, 0.717) is 16.8 Å². The molecule has 4 aromatic rings. The molecule has 0 radical (unpaired) electrons. The molecule has 4 atom stereocenters. The van der Waals surface area contributed by atoms with Gasteiger partial charge in [0.1, 0.15) is 36.8 Å². The van der Waals surface area contributed by atoms with Crippen LogP contribution in [-0.4, -0.2) is 149 Å². The van der Waals surface area contributed by atoms with E-state index in [1.54, 1.807) is 56.9 Å². The molecule has 0 saturated heterocycles. The third-order valence-corrected chi connectivity index (χ3v) is 14.5. The van der Waals surface area contributed by atoms with Crippen molar-refractivity contribution in [2.45, 2.75) is 104 Å². The monoisotopic (exact) mass is 1340 g/mol. The molecule has 0 saturated carbocycles. The fourth-order valence-electron chi connectivity index (χ4n) is 9.35. The Morgan fingerprint density at radius 2 is 0.969 bits per heavy atom. The van der Waals surface area contributed by atoms with Crippen LogP contribution in [0.2, 0.25) is 0 Å². The number of urea groups is 2. The second-order valence-corrected chi connectivity index (χ2v) is 22.5. The van der Waals surface area contributed by atoms with Gasteiger partial charge in [-0.15, -0.1) is 0 Å². The molecule has 0 unspecified atom stereocenters. The zero-order chi connectivity index (χ0) is 70.4. The number of nitrogens with one attached hydrogen (secondary N) is 7. The number of non-ortho nitro benzene ring substituents is 2. The van der Waals surface area contributed by atoms with Crippen molar-refractivity contribution in [2.75, 3.05) is 49.9 Å². The van der Waals surface area contributed by atoms with Crippen molar-refractivity contribution in [1.29, 1.82) is 0 Å². The van der Waals surface area contributed by atoms with Gasteiger partial charge in [-0.3, -0.25) is 63.5 Å². The largest absolute Gasteiger partial charge is 0.514 e. The molecule has 1 aliphatic heterocycles. The third-order valence-electron chi connectivity index (χ3n) is 14.5. The summed E-state index contributed by atoms with van der Waals surface area (Å²) in [4.78, 5) is 179. The number of amides is 11. The number of rotatable bonds is 38. The van der Waals surface area contributed by atoms with Crippen LogP contribution in [0, 0.1) is 38.0 Å². The summed E-state index contributed by atoms with van der Waals surface area (Å²) in [7, 11) is 0. The first-order valence-electron chi connectivity index (χ1n) is 30.4. The lowest BCUT2D eigenvalue weighted by molar-refractivity contribution is -0.385. The van der Waals surface area contributed by atoms with E-state index in [2.05, 4.69) is 37.2 Å². The molecule has 0 aliphatic carbocycles. The molecule has 1 heterocycles. The highest BCUT2D eigenvalue weighted by molar-refractivity contribution is 6.13. The Hall–Kier alpha value is -11.4. The second-order valence-electron chi connectivity index (χ2n) is 22.5. The summed E-state index contributed by atoms with van der Waals surface area (Å²) in [5, 5.41) is 40.4. The Labute approximate surface area is 550 Å². The van der Waals surface area contributed by atoms with Gasteiger partial charge in [0.05, 0.1) is 15.9 Å². The van der Waals surface area contributed by atoms with Crippen molar-refractivity contribution in [1.82, 2.24) is 36.4 Å². The van der Waals surface area contributed by atoms with Gasteiger partial charge in [0.2, 0.25) is 29.5 Å². The van der Waals surface area contributed by atoms with Gasteiger partial charge in [0, 0.05) is 112 Å². The zero-order valence-corrected chi connectivity index (χ0v) is 53.1. The van der Waals surface area contributed by atoms with Crippen molar-refractivity contribution in [3.8, 4) is 11.5 Å². The first-order valence-corrected chi connectivity index (χ1v) is 30.4. The number of nitrogens with two attached hydrogens (primary N) is 2. The molecular weight excluding hydrogens is 1260 g/mol. The molecule has 33 nitrogen and oxygen atoms in total. The van der Waals surface area contributed by atoms with E-state index in [1.807, 2.05) is 0 Å². The molecule has 0 bridgehead atoms. The first kappa shape index (κ1) is 75.3. The summed E-state index contributed by atoms with van der Waals surface area (Å²) >= 11 is 0. The van der Waals surface area contributed by atoms with E-state index in [9.17, 15) is 77.8 Å². The van der Waals surface area contributed by atoms with E-state index in [-0.39, 0.29) is 126 Å². The van der Waals surface area contributed by atoms with Crippen LogP contribution in [0.25, 0.3) is 0 Å². The van der Waals surface area contributed by atoms with Gasteiger partial charge in [0.15, 0.2) is 5.78 Å². The molecule has 0 fully saturated rings. The van der Waals surface area contributed by atoms with Gasteiger partial charge in [-0.25, -0.2) is 19.2 Å². The highest BCUT2D eigenvalue weighted by atomic mass is 16.7. The lowest BCUT2D eigenvalue weighted by Gasteiger charge is -2.27. The van der Waals surface area contributed by atoms with Gasteiger partial charge < -0.3 is 72.5 Å². The molecule has 5 rings (SSSR count).